The molecule has 32 heavy (non-hydrogen) atoms. The zero-order valence-electron chi connectivity index (χ0n) is 21.7. The van der Waals surface area contributed by atoms with Gasteiger partial charge in [0.25, 0.3) is 0 Å². The molecule has 0 aliphatic heterocycles. The van der Waals surface area contributed by atoms with Crippen molar-refractivity contribution in [2.24, 2.45) is 11.3 Å². The van der Waals surface area contributed by atoms with Crippen LogP contribution < -0.4 is 0 Å². The molecule has 0 heterocycles. The van der Waals surface area contributed by atoms with Crippen LogP contribution in [0.5, 0.6) is 0 Å². The van der Waals surface area contributed by atoms with Crippen LogP contribution in [0.1, 0.15) is 97.1 Å². The van der Waals surface area contributed by atoms with E-state index in [1.165, 1.54) is 50.1 Å². The maximum Gasteiger partial charge on any atom is 0 e. The monoisotopic (exact) mass is 501 g/mol. The minimum absolute atomic E-state index is 0. The summed E-state index contributed by atoms with van der Waals surface area (Å²) in [5.74, 6) is 0.431. The Morgan fingerprint density at radius 2 is 1.47 bits per heavy atom. The SMILES string of the molecule is CC1C=C(C(C)(C)C)C=C1c1[c-]c2c(cc1C(C)(C)C)-c1cc(C(C)(C)C)ccc1C2.[Zr]. The predicted molar refractivity (Wildman–Crippen MR) is 136 cm³/mol. The van der Waals surface area contributed by atoms with Gasteiger partial charge in [0.2, 0.25) is 0 Å². The first-order chi connectivity index (χ1) is 14.2. The van der Waals surface area contributed by atoms with Crippen LogP contribution in [0.25, 0.3) is 16.7 Å². The van der Waals surface area contributed by atoms with Gasteiger partial charge in [-0.2, -0.15) is 0 Å². The summed E-state index contributed by atoms with van der Waals surface area (Å²) in [5, 5.41) is 0. The van der Waals surface area contributed by atoms with Crippen molar-refractivity contribution in [2.75, 3.05) is 0 Å². The second kappa shape index (κ2) is 8.23. The number of rotatable bonds is 1. The van der Waals surface area contributed by atoms with Gasteiger partial charge < -0.3 is 0 Å². The van der Waals surface area contributed by atoms with Crippen molar-refractivity contribution in [2.45, 2.75) is 86.5 Å². The van der Waals surface area contributed by atoms with Crippen LogP contribution in [-0.2, 0) is 43.5 Å². The summed E-state index contributed by atoms with van der Waals surface area (Å²) < 4.78 is 0. The van der Waals surface area contributed by atoms with Gasteiger partial charge in [0.1, 0.15) is 0 Å². The third-order valence-electron chi connectivity index (χ3n) is 6.99. The van der Waals surface area contributed by atoms with Crippen molar-refractivity contribution in [1.29, 1.82) is 0 Å². The van der Waals surface area contributed by atoms with E-state index in [1.807, 2.05) is 0 Å². The fourth-order valence-corrected chi connectivity index (χ4v) is 4.90. The first-order valence-corrected chi connectivity index (χ1v) is 11.8. The first-order valence-electron chi connectivity index (χ1n) is 11.8. The number of hydrogen-bond acceptors (Lipinski definition) is 0. The van der Waals surface area contributed by atoms with Gasteiger partial charge in [-0.15, -0.1) is 34.4 Å². The second-order valence-corrected chi connectivity index (χ2v) is 12.8. The fourth-order valence-electron chi connectivity index (χ4n) is 4.90. The zero-order chi connectivity index (χ0) is 22.9. The summed E-state index contributed by atoms with van der Waals surface area (Å²) in [6, 6.07) is 13.5. The van der Waals surface area contributed by atoms with Gasteiger partial charge in [-0.1, -0.05) is 116 Å². The Kier molecular flexibility index (Phi) is 6.54. The molecule has 0 fully saturated rings. The molecule has 0 nitrogen and oxygen atoms in total. The molecule has 0 bridgehead atoms. The molecule has 0 spiro atoms. The van der Waals surface area contributed by atoms with Crippen molar-refractivity contribution in [3.05, 3.63) is 75.9 Å². The Morgan fingerprint density at radius 1 is 0.812 bits per heavy atom. The average Bonchev–Trinajstić information content (AvgIpc) is 3.18. The van der Waals surface area contributed by atoms with Crippen molar-refractivity contribution in [1.82, 2.24) is 0 Å². The van der Waals surface area contributed by atoms with Crippen molar-refractivity contribution < 1.29 is 26.2 Å². The van der Waals surface area contributed by atoms with Crippen LogP contribution >= 0.6 is 0 Å². The van der Waals surface area contributed by atoms with E-state index in [1.54, 1.807) is 0 Å². The quantitative estimate of drug-likeness (QED) is 0.292. The molecule has 2 aromatic rings. The van der Waals surface area contributed by atoms with E-state index in [2.05, 4.69) is 112 Å². The standard InChI is InChI=1S/C31H39.Zr/c1-19-13-23(30(5,6)7)17-24(19)27-15-21-14-20-11-12-22(29(2,3)4)16-25(20)26(21)18-28(27)31(8,9)10;/h11-13,16-19H,14H2,1-10H3;/q-1;. The molecule has 4 rings (SSSR count). The maximum atomic E-state index is 3.95. The number of hydrogen-bond donors (Lipinski definition) is 0. The molecule has 0 amide bonds. The molecule has 1 heteroatoms. The van der Waals surface area contributed by atoms with Gasteiger partial charge in [0, 0.05) is 26.2 Å². The smallest absolute Gasteiger partial charge is 0 e. The Hall–Kier alpha value is -1.20. The fraction of sp³-hybridized carbons (Fsp3) is 0.484. The number of fused-ring (bicyclic) bond motifs is 3. The molecule has 0 radical (unpaired) electrons. The molecule has 1 unspecified atom stereocenters. The van der Waals surface area contributed by atoms with Gasteiger partial charge >= 0.3 is 0 Å². The third kappa shape index (κ3) is 4.57. The largest absolute Gasteiger partial charge is 0.143 e. The zero-order valence-corrected chi connectivity index (χ0v) is 24.2. The van der Waals surface area contributed by atoms with Gasteiger partial charge in [-0.25, -0.2) is 0 Å². The summed E-state index contributed by atoms with van der Waals surface area (Å²) in [6.07, 6.45) is 5.89. The van der Waals surface area contributed by atoms with E-state index >= 15 is 0 Å². The molecule has 0 N–H and O–H groups in total. The van der Waals surface area contributed by atoms with E-state index in [4.69, 9.17) is 0 Å². The van der Waals surface area contributed by atoms with Gasteiger partial charge in [0.05, 0.1) is 0 Å². The van der Waals surface area contributed by atoms with Crippen LogP contribution in [-0.4, -0.2) is 0 Å². The van der Waals surface area contributed by atoms with E-state index in [0.29, 0.717) is 5.92 Å². The average molecular weight is 503 g/mol. The van der Waals surface area contributed by atoms with Gasteiger partial charge in [-0.3, -0.25) is 0 Å². The summed E-state index contributed by atoms with van der Waals surface area (Å²) in [4.78, 5) is 0. The Balaban J connectivity index is 0.00000289. The Morgan fingerprint density at radius 3 is 2.00 bits per heavy atom. The summed E-state index contributed by atoms with van der Waals surface area (Å²) in [5.41, 5.74) is 13.1. The Bertz CT molecular complexity index is 1100. The molecule has 1 atom stereocenters. The molecule has 2 aliphatic carbocycles. The van der Waals surface area contributed by atoms with Crippen LogP contribution in [0.15, 0.2) is 42.0 Å². The molecule has 2 aromatic carbocycles. The summed E-state index contributed by atoms with van der Waals surface area (Å²) in [7, 11) is 0. The molecule has 2 aliphatic rings. The van der Waals surface area contributed by atoms with Gasteiger partial charge in [0.15, 0.2) is 0 Å². The molecular formula is C31H39Zr-. The van der Waals surface area contributed by atoms with Crippen LogP contribution in [0.3, 0.4) is 0 Å². The normalized spacial score (nSPS) is 18.0. The van der Waals surface area contributed by atoms with Gasteiger partial charge in [-0.05, 0) is 39.7 Å². The van der Waals surface area contributed by atoms with Crippen LogP contribution in [0.4, 0.5) is 0 Å². The van der Waals surface area contributed by atoms with Crippen molar-refractivity contribution in [3.63, 3.8) is 0 Å². The molecule has 0 aromatic heterocycles. The molecule has 168 valence electrons. The molecule has 0 saturated heterocycles. The van der Waals surface area contributed by atoms with E-state index < -0.39 is 0 Å². The van der Waals surface area contributed by atoms with E-state index in [-0.39, 0.29) is 42.4 Å². The summed E-state index contributed by atoms with van der Waals surface area (Å²) in [6.45, 7) is 23.2. The molecule has 0 saturated carbocycles. The maximum absolute atomic E-state index is 3.95. The van der Waals surface area contributed by atoms with E-state index in [0.717, 1.165) is 6.42 Å². The van der Waals surface area contributed by atoms with Crippen molar-refractivity contribution >= 4 is 5.57 Å². The topological polar surface area (TPSA) is 0 Å². The minimum Gasteiger partial charge on any atom is -0.143 e. The minimum atomic E-state index is 0. The van der Waals surface area contributed by atoms with Crippen molar-refractivity contribution in [3.8, 4) is 11.1 Å². The van der Waals surface area contributed by atoms with Crippen LogP contribution in [0.2, 0.25) is 0 Å². The molecular weight excluding hydrogens is 464 g/mol. The number of allylic oxidation sites excluding steroid dienone is 4. The first kappa shape index (κ1) is 25.4. The Labute approximate surface area is 215 Å². The van der Waals surface area contributed by atoms with Crippen LogP contribution in [0, 0.1) is 17.4 Å². The predicted octanol–water partition coefficient (Wildman–Crippen LogP) is 8.66. The second-order valence-electron chi connectivity index (χ2n) is 12.8. The summed E-state index contributed by atoms with van der Waals surface area (Å²) >= 11 is 0. The third-order valence-corrected chi connectivity index (χ3v) is 6.99. The van der Waals surface area contributed by atoms with E-state index in [9.17, 15) is 0 Å². The number of benzene rings is 2.